The molecular formula is C33H63N5O5. The number of rotatable bonds is 8. The highest BCUT2D eigenvalue weighted by atomic mass is 16.2. The molecule has 0 aromatic rings. The first kappa shape index (κ1) is 40.4. The molecule has 5 N–H and O–H groups in total. The summed E-state index contributed by atoms with van der Waals surface area (Å²) in [4.78, 5) is 64.2. The second-order valence-electron chi connectivity index (χ2n) is 14.4. The van der Waals surface area contributed by atoms with Crippen LogP contribution in [-0.4, -0.2) is 65.1 Å². The summed E-state index contributed by atoms with van der Waals surface area (Å²) in [5, 5.41) is 8.07. The lowest BCUT2D eigenvalue weighted by Gasteiger charge is -2.51. The lowest BCUT2D eigenvalue weighted by Crippen LogP contribution is -2.55. The van der Waals surface area contributed by atoms with E-state index < -0.39 is 41.3 Å². The zero-order valence-electron chi connectivity index (χ0n) is 29.2. The molecule has 3 aliphatic rings. The third kappa shape index (κ3) is 13.7. The fourth-order valence-corrected chi connectivity index (χ4v) is 6.16. The van der Waals surface area contributed by atoms with Crippen molar-refractivity contribution >= 4 is 29.5 Å². The number of carbonyl (C=O) groups excluding carboxylic acids is 5. The summed E-state index contributed by atoms with van der Waals surface area (Å²) >= 11 is 0. The van der Waals surface area contributed by atoms with Crippen molar-refractivity contribution in [1.82, 2.24) is 20.9 Å². The monoisotopic (exact) mass is 609 g/mol. The number of urea groups is 1. The first-order chi connectivity index (χ1) is 19.8. The van der Waals surface area contributed by atoms with Gasteiger partial charge in [0.15, 0.2) is 0 Å². The van der Waals surface area contributed by atoms with Crippen LogP contribution in [-0.2, 0) is 19.2 Å². The molecule has 1 aliphatic heterocycles. The molecule has 250 valence electrons. The highest BCUT2D eigenvalue weighted by Crippen LogP contribution is 2.59. The summed E-state index contributed by atoms with van der Waals surface area (Å²) < 4.78 is 0. The third-order valence-electron chi connectivity index (χ3n) is 7.40. The van der Waals surface area contributed by atoms with Gasteiger partial charge >= 0.3 is 6.03 Å². The minimum atomic E-state index is -1.07. The highest BCUT2D eigenvalue weighted by Gasteiger charge is 2.57. The number of amides is 5. The lowest BCUT2D eigenvalue weighted by atomic mass is 9.53. The SMILES string of the molecule is CC.CC.CC(C)C.CC1(C)CC2(CC(C(=O)NC(CC3CCC3)C(=O)C(N)=O)N(C(=O)CNC(=O)NC(C)(C)C)C2)C1. The van der Waals surface area contributed by atoms with E-state index in [0.29, 0.717) is 19.4 Å². The van der Waals surface area contributed by atoms with Gasteiger partial charge < -0.3 is 26.6 Å². The molecule has 0 aromatic carbocycles. The summed E-state index contributed by atoms with van der Waals surface area (Å²) in [7, 11) is 0. The van der Waals surface area contributed by atoms with Crippen LogP contribution in [0.25, 0.3) is 0 Å². The Balaban J connectivity index is 0.00000200. The molecular weight excluding hydrogens is 546 g/mol. The Hall–Kier alpha value is -2.65. The van der Waals surface area contributed by atoms with Crippen LogP contribution in [0, 0.1) is 22.7 Å². The molecule has 1 spiro atoms. The number of likely N-dealkylation sites (tertiary alicyclic amines) is 1. The van der Waals surface area contributed by atoms with Gasteiger partial charge in [0.2, 0.25) is 17.6 Å². The van der Waals surface area contributed by atoms with Gasteiger partial charge in [0.05, 0.1) is 12.6 Å². The predicted octanol–water partition coefficient (Wildman–Crippen LogP) is 4.94. The average Bonchev–Trinajstić information content (AvgIpc) is 3.23. The number of nitrogens with two attached hydrogens (primary N) is 1. The Morgan fingerprint density at radius 1 is 0.953 bits per heavy atom. The van der Waals surface area contributed by atoms with E-state index >= 15 is 0 Å². The molecule has 1 saturated heterocycles. The van der Waals surface area contributed by atoms with Gasteiger partial charge in [0.1, 0.15) is 6.04 Å². The largest absolute Gasteiger partial charge is 0.363 e. The van der Waals surface area contributed by atoms with Crippen molar-refractivity contribution in [2.75, 3.05) is 13.1 Å². The molecule has 3 fully saturated rings. The van der Waals surface area contributed by atoms with Crippen LogP contribution in [0.2, 0.25) is 0 Å². The predicted molar refractivity (Wildman–Crippen MR) is 173 cm³/mol. The van der Waals surface area contributed by atoms with Crippen molar-refractivity contribution in [2.24, 2.45) is 28.4 Å². The van der Waals surface area contributed by atoms with E-state index in [0.717, 1.165) is 38.0 Å². The van der Waals surface area contributed by atoms with Gasteiger partial charge in [-0.1, -0.05) is 81.6 Å². The molecule has 1 heterocycles. The Labute approximate surface area is 261 Å². The van der Waals surface area contributed by atoms with E-state index in [-0.39, 0.29) is 29.2 Å². The molecule has 0 bridgehead atoms. The summed E-state index contributed by atoms with van der Waals surface area (Å²) in [6.07, 6.45) is 5.60. The fourth-order valence-electron chi connectivity index (χ4n) is 6.16. The first-order valence-corrected chi connectivity index (χ1v) is 16.3. The number of nitrogens with one attached hydrogen (secondary N) is 3. The van der Waals surface area contributed by atoms with Gasteiger partial charge in [-0.3, -0.25) is 19.2 Å². The van der Waals surface area contributed by atoms with Crippen LogP contribution in [0.1, 0.15) is 128 Å². The van der Waals surface area contributed by atoms with Crippen molar-refractivity contribution in [3.05, 3.63) is 0 Å². The quantitative estimate of drug-likeness (QED) is 0.288. The lowest BCUT2D eigenvalue weighted by molar-refractivity contribution is -0.141. The molecule has 3 rings (SSSR count). The van der Waals surface area contributed by atoms with Gasteiger partial charge in [-0.15, -0.1) is 0 Å². The zero-order valence-corrected chi connectivity index (χ0v) is 29.2. The molecule has 2 unspecified atom stereocenters. The molecule has 0 radical (unpaired) electrons. The van der Waals surface area contributed by atoms with Crippen molar-refractivity contribution in [2.45, 2.75) is 146 Å². The van der Waals surface area contributed by atoms with Crippen molar-refractivity contribution in [1.29, 1.82) is 0 Å². The molecule has 5 amide bonds. The van der Waals surface area contributed by atoms with Crippen LogP contribution in [0.5, 0.6) is 0 Å². The standard InChI is InChI=1S/C25H41N5O5.C4H10.2C2H6/c1-23(2,3)29-22(35)27-11-18(31)30-14-25(12-24(4,5)13-25)10-17(30)21(34)28-16(19(32)20(26)33)9-15-7-6-8-15;1-4(2)3;2*1-2/h15-17H,6-14H2,1-5H3,(H2,26,33)(H,28,34)(H2,27,29,35);4H,1-3H3;2*1-2H3. The molecule has 10 nitrogen and oxygen atoms in total. The maximum absolute atomic E-state index is 13.4. The Kier molecular flexibility index (Phi) is 16.5. The number of carbonyl (C=O) groups is 5. The average molecular weight is 610 g/mol. The number of hydrogen-bond acceptors (Lipinski definition) is 5. The van der Waals surface area contributed by atoms with E-state index in [2.05, 4.69) is 50.6 Å². The summed E-state index contributed by atoms with van der Waals surface area (Å²) in [6.45, 7) is 24.5. The Morgan fingerprint density at radius 2 is 1.47 bits per heavy atom. The minimum absolute atomic E-state index is 0.139. The van der Waals surface area contributed by atoms with Crippen LogP contribution in [0.4, 0.5) is 4.79 Å². The number of nitrogens with zero attached hydrogens (tertiary/aromatic N) is 1. The van der Waals surface area contributed by atoms with Gasteiger partial charge in [-0.25, -0.2) is 4.79 Å². The zero-order chi connectivity index (χ0) is 33.8. The molecule has 43 heavy (non-hydrogen) atoms. The maximum atomic E-state index is 13.4. The van der Waals surface area contributed by atoms with Crippen LogP contribution in [0.3, 0.4) is 0 Å². The smallest absolute Gasteiger partial charge is 0.315 e. The van der Waals surface area contributed by atoms with E-state index in [1.165, 1.54) is 4.90 Å². The molecule has 2 atom stereocenters. The van der Waals surface area contributed by atoms with Crippen molar-refractivity contribution in [3.63, 3.8) is 0 Å². The van der Waals surface area contributed by atoms with E-state index in [9.17, 15) is 24.0 Å². The maximum Gasteiger partial charge on any atom is 0.315 e. The Bertz CT molecular complexity index is 926. The molecule has 2 saturated carbocycles. The minimum Gasteiger partial charge on any atom is -0.363 e. The van der Waals surface area contributed by atoms with Gasteiger partial charge in [-0.05, 0) is 69.1 Å². The molecule has 10 heteroatoms. The normalized spacial score (nSPS) is 20.3. The number of hydrogen-bond donors (Lipinski definition) is 4. The van der Waals surface area contributed by atoms with Gasteiger partial charge in [-0.2, -0.15) is 0 Å². The molecule has 2 aliphatic carbocycles. The number of Topliss-reactive ketones (excluding diaryl/α,β-unsaturated/α-hetero) is 1. The third-order valence-corrected chi connectivity index (χ3v) is 7.40. The van der Waals surface area contributed by atoms with Crippen LogP contribution < -0.4 is 21.7 Å². The van der Waals surface area contributed by atoms with E-state index in [1.54, 1.807) is 0 Å². The van der Waals surface area contributed by atoms with Gasteiger partial charge in [0, 0.05) is 12.1 Å². The fraction of sp³-hybridized carbons (Fsp3) is 0.848. The van der Waals surface area contributed by atoms with Crippen molar-refractivity contribution < 1.29 is 24.0 Å². The van der Waals surface area contributed by atoms with Gasteiger partial charge in [0.25, 0.3) is 5.91 Å². The summed E-state index contributed by atoms with van der Waals surface area (Å²) in [5.41, 5.74) is 4.77. The van der Waals surface area contributed by atoms with E-state index in [1.807, 2.05) is 48.5 Å². The Morgan fingerprint density at radius 3 is 1.86 bits per heavy atom. The summed E-state index contributed by atoms with van der Waals surface area (Å²) in [6, 6.07) is -2.21. The topological polar surface area (TPSA) is 151 Å². The summed E-state index contributed by atoms with van der Waals surface area (Å²) in [5.74, 6) is -1.57. The number of ketones is 1. The van der Waals surface area contributed by atoms with Crippen LogP contribution in [0.15, 0.2) is 0 Å². The highest BCUT2D eigenvalue weighted by molar-refractivity contribution is 6.37. The molecule has 0 aromatic heterocycles. The number of primary amides is 1. The van der Waals surface area contributed by atoms with E-state index in [4.69, 9.17) is 5.73 Å². The second kappa shape index (κ2) is 17.6. The van der Waals surface area contributed by atoms with Crippen molar-refractivity contribution in [3.8, 4) is 0 Å². The van der Waals surface area contributed by atoms with Crippen LogP contribution >= 0.6 is 0 Å². The first-order valence-electron chi connectivity index (χ1n) is 16.3. The second-order valence-corrected chi connectivity index (χ2v) is 14.4.